The van der Waals surface area contributed by atoms with Crippen LogP contribution in [0.2, 0.25) is 0 Å². The molecule has 2 aliphatic rings. The van der Waals surface area contributed by atoms with Crippen LogP contribution < -0.4 is 5.69 Å². The van der Waals surface area contributed by atoms with Crippen LogP contribution in [0, 0.1) is 0 Å². The van der Waals surface area contributed by atoms with E-state index in [-0.39, 0.29) is 17.8 Å². The van der Waals surface area contributed by atoms with Gasteiger partial charge in [0.05, 0.1) is 12.6 Å². The lowest BCUT2D eigenvalue weighted by Crippen LogP contribution is -2.49. The summed E-state index contributed by atoms with van der Waals surface area (Å²) in [4.78, 5) is 14.0. The van der Waals surface area contributed by atoms with Gasteiger partial charge in [-0.15, -0.1) is 0 Å². The summed E-state index contributed by atoms with van der Waals surface area (Å²) in [7, 11) is 1.69. The largest absolute Gasteiger partial charge is 0.391 e. The molecule has 18 heavy (non-hydrogen) atoms. The molecule has 1 saturated carbocycles. The van der Waals surface area contributed by atoms with Gasteiger partial charge in [-0.1, -0.05) is 12.8 Å². The van der Waals surface area contributed by atoms with Crippen LogP contribution in [-0.2, 0) is 20.1 Å². The van der Waals surface area contributed by atoms with Crippen molar-refractivity contribution < 1.29 is 5.11 Å². The van der Waals surface area contributed by atoms with E-state index in [4.69, 9.17) is 0 Å². The van der Waals surface area contributed by atoms with Crippen LogP contribution in [0.4, 0.5) is 0 Å². The fraction of sp³-hybridized carbons (Fsp3) is 0.833. The predicted octanol–water partition coefficient (Wildman–Crippen LogP) is -0.299. The Morgan fingerprint density at radius 3 is 2.83 bits per heavy atom. The molecular formula is C12H20N4O2. The van der Waals surface area contributed by atoms with Crippen molar-refractivity contribution in [2.75, 3.05) is 6.54 Å². The molecule has 1 N–H and O–H groups in total. The number of aryl methyl sites for hydroxylation is 1. The zero-order chi connectivity index (χ0) is 12.7. The molecule has 1 aromatic rings. The van der Waals surface area contributed by atoms with Gasteiger partial charge in [0, 0.05) is 26.2 Å². The van der Waals surface area contributed by atoms with E-state index in [1.54, 1.807) is 11.6 Å². The van der Waals surface area contributed by atoms with E-state index in [1.807, 2.05) is 0 Å². The third kappa shape index (κ3) is 1.89. The highest BCUT2D eigenvalue weighted by molar-refractivity contribution is 4.95. The fourth-order valence-corrected chi connectivity index (χ4v) is 3.19. The van der Waals surface area contributed by atoms with E-state index in [0.29, 0.717) is 13.1 Å². The first-order valence-electron chi connectivity index (χ1n) is 6.71. The van der Waals surface area contributed by atoms with E-state index in [9.17, 15) is 9.90 Å². The highest BCUT2D eigenvalue weighted by atomic mass is 16.3. The summed E-state index contributed by atoms with van der Waals surface area (Å²) in [5.41, 5.74) is -0.0335. The standard InChI is InChI=1S/C12H20N4O2/c1-14-12(18)16-7-6-15(8-11(16)13-14)9-4-2-3-5-10(9)17/h9-10,17H,2-8H2,1H3. The van der Waals surface area contributed by atoms with Crippen LogP contribution in [0.3, 0.4) is 0 Å². The number of hydrogen-bond donors (Lipinski definition) is 1. The number of aliphatic hydroxyl groups is 1. The Bertz CT molecular complexity index is 493. The molecule has 3 rings (SSSR count). The summed E-state index contributed by atoms with van der Waals surface area (Å²) in [6, 6.07) is 0.240. The minimum absolute atomic E-state index is 0.0335. The maximum atomic E-state index is 11.8. The van der Waals surface area contributed by atoms with Crippen molar-refractivity contribution in [2.24, 2.45) is 7.05 Å². The van der Waals surface area contributed by atoms with Crippen LogP contribution in [0.1, 0.15) is 31.5 Å². The van der Waals surface area contributed by atoms with Crippen LogP contribution in [-0.4, -0.2) is 43.0 Å². The summed E-state index contributed by atoms with van der Waals surface area (Å²) < 4.78 is 3.14. The Balaban J connectivity index is 1.80. The van der Waals surface area contributed by atoms with Gasteiger partial charge < -0.3 is 5.11 Å². The average Bonchev–Trinajstić information content (AvgIpc) is 2.65. The van der Waals surface area contributed by atoms with Crippen LogP contribution in [0.15, 0.2) is 4.79 Å². The van der Waals surface area contributed by atoms with E-state index < -0.39 is 0 Å². The van der Waals surface area contributed by atoms with E-state index in [1.165, 1.54) is 11.1 Å². The molecule has 1 aromatic heterocycles. The Kier molecular flexibility index (Phi) is 2.99. The summed E-state index contributed by atoms with van der Waals surface area (Å²) >= 11 is 0. The zero-order valence-corrected chi connectivity index (χ0v) is 10.7. The lowest BCUT2D eigenvalue weighted by molar-refractivity contribution is 0.00628. The van der Waals surface area contributed by atoms with Crippen LogP contribution in [0.25, 0.3) is 0 Å². The maximum absolute atomic E-state index is 11.8. The van der Waals surface area contributed by atoms with E-state index in [2.05, 4.69) is 10.00 Å². The number of aliphatic hydroxyl groups excluding tert-OH is 1. The Labute approximate surface area is 106 Å². The summed E-state index contributed by atoms with van der Waals surface area (Å²) in [6.45, 7) is 2.20. The van der Waals surface area contributed by atoms with Crippen molar-refractivity contribution in [3.05, 3.63) is 16.3 Å². The molecule has 1 fully saturated rings. The molecule has 2 atom stereocenters. The van der Waals surface area contributed by atoms with Gasteiger partial charge in [0.25, 0.3) is 0 Å². The number of nitrogens with zero attached hydrogens (tertiary/aromatic N) is 4. The molecule has 100 valence electrons. The van der Waals surface area contributed by atoms with Gasteiger partial charge in [-0.2, -0.15) is 5.10 Å². The average molecular weight is 252 g/mol. The maximum Gasteiger partial charge on any atom is 0.345 e. The smallest absolute Gasteiger partial charge is 0.345 e. The molecule has 6 heteroatoms. The van der Waals surface area contributed by atoms with E-state index >= 15 is 0 Å². The monoisotopic (exact) mass is 252 g/mol. The van der Waals surface area contributed by atoms with Crippen molar-refractivity contribution in [3.8, 4) is 0 Å². The van der Waals surface area contributed by atoms with Crippen molar-refractivity contribution in [1.29, 1.82) is 0 Å². The van der Waals surface area contributed by atoms with Gasteiger partial charge in [0.15, 0.2) is 0 Å². The molecule has 1 aliphatic heterocycles. The minimum Gasteiger partial charge on any atom is -0.391 e. The molecular weight excluding hydrogens is 232 g/mol. The van der Waals surface area contributed by atoms with E-state index in [0.717, 1.165) is 31.6 Å². The van der Waals surface area contributed by atoms with Crippen molar-refractivity contribution in [1.82, 2.24) is 19.2 Å². The number of aromatic nitrogens is 3. The van der Waals surface area contributed by atoms with Gasteiger partial charge in [0.1, 0.15) is 5.82 Å². The Morgan fingerprint density at radius 1 is 1.28 bits per heavy atom. The lowest BCUT2D eigenvalue weighted by atomic mass is 9.91. The second kappa shape index (κ2) is 4.51. The molecule has 6 nitrogen and oxygen atoms in total. The predicted molar refractivity (Wildman–Crippen MR) is 66.1 cm³/mol. The molecule has 0 aromatic carbocycles. The first-order valence-corrected chi connectivity index (χ1v) is 6.71. The molecule has 0 saturated heterocycles. The lowest BCUT2D eigenvalue weighted by Gasteiger charge is -2.39. The molecule has 2 heterocycles. The molecule has 1 aliphatic carbocycles. The van der Waals surface area contributed by atoms with Gasteiger partial charge in [0.2, 0.25) is 0 Å². The second-order valence-electron chi connectivity index (χ2n) is 5.36. The van der Waals surface area contributed by atoms with Crippen molar-refractivity contribution >= 4 is 0 Å². The van der Waals surface area contributed by atoms with Crippen molar-refractivity contribution in [2.45, 2.75) is 50.9 Å². The zero-order valence-electron chi connectivity index (χ0n) is 10.7. The SMILES string of the molecule is Cn1nc2n(c1=O)CCN(C1CCCCC1O)C2. The Hall–Kier alpha value is -1.14. The minimum atomic E-state index is -0.222. The third-order valence-electron chi connectivity index (χ3n) is 4.20. The molecule has 0 bridgehead atoms. The van der Waals surface area contributed by atoms with Crippen LogP contribution >= 0.6 is 0 Å². The normalized spacial score (nSPS) is 29.2. The number of rotatable bonds is 1. The first-order chi connectivity index (χ1) is 8.66. The quantitative estimate of drug-likeness (QED) is 0.745. The molecule has 2 unspecified atom stereocenters. The first kappa shape index (κ1) is 11.9. The van der Waals surface area contributed by atoms with Crippen molar-refractivity contribution in [3.63, 3.8) is 0 Å². The summed E-state index contributed by atoms with van der Waals surface area (Å²) in [5.74, 6) is 0.825. The molecule has 0 amide bonds. The van der Waals surface area contributed by atoms with Gasteiger partial charge in [-0.05, 0) is 12.8 Å². The number of fused-ring (bicyclic) bond motifs is 1. The Morgan fingerprint density at radius 2 is 2.06 bits per heavy atom. The fourth-order valence-electron chi connectivity index (χ4n) is 3.19. The van der Waals surface area contributed by atoms with Crippen LogP contribution in [0.5, 0.6) is 0 Å². The second-order valence-corrected chi connectivity index (χ2v) is 5.36. The third-order valence-corrected chi connectivity index (χ3v) is 4.20. The summed E-state index contributed by atoms with van der Waals surface area (Å²) in [6.07, 6.45) is 4.04. The molecule has 0 spiro atoms. The van der Waals surface area contributed by atoms with Gasteiger partial charge >= 0.3 is 5.69 Å². The molecule has 0 radical (unpaired) electrons. The highest BCUT2D eigenvalue weighted by Crippen LogP contribution is 2.25. The van der Waals surface area contributed by atoms with Gasteiger partial charge in [-0.25, -0.2) is 9.48 Å². The number of hydrogen-bond acceptors (Lipinski definition) is 4. The van der Waals surface area contributed by atoms with Gasteiger partial charge in [-0.3, -0.25) is 9.47 Å². The summed E-state index contributed by atoms with van der Waals surface area (Å²) in [5, 5.41) is 14.4. The highest BCUT2D eigenvalue weighted by Gasteiger charge is 2.32. The topological polar surface area (TPSA) is 63.3 Å².